The summed E-state index contributed by atoms with van der Waals surface area (Å²) in [6.45, 7) is 0. The lowest BCUT2D eigenvalue weighted by atomic mass is 10.4. The molecule has 0 amide bonds. The smallest absolute Gasteiger partial charge is 0.274 e. The summed E-state index contributed by atoms with van der Waals surface area (Å²) < 4.78 is 7.23. The minimum Gasteiger partial charge on any atom is -0.480 e. The molecule has 2 heterocycles. The van der Waals surface area contributed by atoms with E-state index in [1.165, 1.54) is 11.7 Å². The van der Waals surface area contributed by atoms with Crippen LogP contribution in [-0.2, 0) is 7.05 Å². The van der Waals surface area contributed by atoms with Gasteiger partial charge in [0.2, 0.25) is 5.88 Å². The molecule has 0 aromatic carbocycles. The number of rotatable bonds is 3. The summed E-state index contributed by atoms with van der Waals surface area (Å²) in [6.07, 6.45) is 1.70. The molecule has 6 nitrogen and oxygen atoms in total. The van der Waals surface area contributed by atoms with E-state index >= 15 is 0 Å². The molecule has 0 bridgehead atoms. The molecule has 2 aromatic rings. The van der Waals surface area contributed by atoms with E-state index in [0.29, 0.717) is 17.4 Å². The Kier molecular flexibility index (Phi) is 3.19. The Bertz CT molecular complexity index is 590. The highest BCUT2D eigenvalue weighted by Crippen LogP contribution is 2.18. The Morgan fingerprint density at radius 1 is 1.53 bits per heavy atom. The number of pyridine rings is 1. The lowest BCUT2D eigenvalue weighted by molar-refractivity contribution is 0.397. The molecule has 2 N–H and O–H groups in total. The summed E-state index contributed by atoms with van der Waals surface area (Å²) in [7, 11) is 3.21. The molecule has 2 rings (SSSR count). The number of nitrogens with zero attached hydrogens (tertiary/aromatic N) is 2. The van der Waals surface area contributed by atoms with Gasteiger partial charge in [-0.2, -0.15) is 0 Å². The first kappa shape index (κ1) is 11.7. The van der Waals surface area contributed by atoms with Crippen molar-refractivity contribution in [1.82, 2.24) is 14.8 Å². The summed E-state index contributed by atoms with van der Waals surface area (Å²) >= 11 is 3.33. The van der Waals surface area contributed by atoms with Crippen LogP contribution in [0, 0.1) is 0 Å². The van der Waals surface area contributed by atoms with Crippen LogP contribution in [0.15, 0.2) is 27.6 Å². The first-order chi connectivity index (χ1) is 8.10. The molecule has 7 heteroatoms. The van der Waals surface area contributed by atoms with Gasteiger partial charge < -0.3 is 14.6 Å². The summed E-state index contributed by atoms with van der Waals surface area (Å²) in [6, 6.07) is 3.37. The average Bonchev–Trinajstić information content (AvgIpc) is 2.73. The normalized spacial score (nSPS) is 10.3. The number of aryl methyl sites for hydroxylation is 1. The molecular formula is C10H11BrN4O2. The maximum Gasteiger partial charge on any atom is 0.274 e. The third-order valence-corrected chi connectivity index (χ3v) is 2.62. The first-order valence-corrected chi connectivity index (χ1v) is 5.62. The molecule has 0 spiro atoms. The summed E-state index contributed by atoms with van der Waals surface area (Å²) in [5.74, 6) is 1.05. The third-order valence-electron chi connectivity index (χ3n) is 2.18. The van der Waals surface area contributed by atoms with Crippen molar-refractivity contribution in [2.75, 3.05) is 12.4 Å². The van der Waals surface area contributed by atoms with Gasteiger partial charge in [-0.3, -0.25) is 9.89 Å². The van der Waals surface area contributed by atoms with E-state index in [1.807, 2.05) is 0 Å². The number of hydrogen-bond donors (Lipinski definition) is 2. The van der Waals surface area contributed by atoms with Crippen LogP contribution in [0.25, 0.3) is 0 Å². The van der Waals surface area contributed by atoms with E-state index in [1.54, 1.807) is 25.4 Å². The summed E-state index contributed by atoms with van der Waals surface area (Å²) in [5.41, 5.74) is 0.329. The van der Waals surface area contributed by atoms with Crippen molar-refractivity contribution in [3.63, 3.8) is 0 Å². The fraction of sp³-hybridized carbons (Fsp3) is 0.200. The van der Waals surface area contributed by atoms with Crippen LogP contribution >= 0.6 is 15.9 Å². The Morgan fingerprint density at radius 3 is 2.94 bits per heavy atom. The first-order valence-electron chi connectivity index (χ1n) is 4.83. The molecule has 0 radical (unpaired) electrons. The molecule has 0 aliphatic heterocycles. The van der Waals surface area contributed by atoms with Gasteiger partial charge in [0.15, 0.2) is 0 Å². The number of aromatic nitrogens is 3. The third kappa shape index (κ3) is 2.50. The van der Waals surface area contributed by atoms with Crippen LogP contribution < -0.4 is 15.6 Å². The van der Waals surface area contributed by atoms with Crippen molar-refractivity contribution >= 4 is 27.4 Å². The minimum absolute atomic E-state index is 0.123. The highest BCUT2D eigenvalue weighted by molar-refractivity contribution is 9.10. The Labute approximate surface area is 106 Å². The predicted molar refractivity (Wildman–Crippen MR) is 67.8 cm³/mol. The standard InChI is InChI=1S/C10H11BrN4O2/c1-15-5-6(11)3-7(10(15)16)12-8-4-9(17-2)14-13-8/h3-5H,1-2H3,(H2,12,13,14). The quantitative estimate of drug-likeness (QED) is 0.903. The zero-order valence-corrected chi connectivity index (χ0v) is 10.9. The Balaban J connectivity index is 2.32. The molecule has 2 aromatic heterocycles. The lowest BCUT2D eigenvalue weighted by Crippen LogP contribution is -2.19. The van der Waals surface area contributed by atoms with Gasteiger partial charge in [0, 0.05) is 23.8 Å². The lowest BCUT2D eigenvalue weighted by Gasteiger charge is -2.05. The highest BCUT2D eigenvalue weighted by Gasteiger charge is 2.06. The second-order valence-electron chi connectivity index (χ2n) is 3.44. The van der Waals surface area contributed by atoms with Crippen LogP contribution in [0.5, 0.6) is 5.88 Å². The molecule has 17 heavy (non-hydrogen) atoms. The summed E-state index contributed by atoms with van der Waals surface area (Å²) in [5, 5.41) is 9.54. The van der Waals surface area contributed by atoms with E-state index < -0.39 is 0 Å². The van der Waals surface area contributed by atoms with Crippen LogP contribution in [0.2, 0.25) is 0 Å². The van der Waals surface area contributed by atoms with Gasteiger partial charge in [-0.1, -0.05) is 0 Å². The van der Waals surface area contributed by atoms with E-state index in [2.05, 4.69) is 31.4 Å². The van der Waals surface area contributed by atoms with Gasteiger partial charge in [0.25, 0.3) is 5.56 Å². The number of H-pyrrole nitrogens is 1. The van der Waals surface area contributed by atoms with Crippen LogP contribution in [0.1, 0.15) is 0 Å². The van der Waals surface area contributed by atoms with Gasteiger partial charge in [0.1, 0.15) is 11.5 Å². The van der Waals surface area contributed by atoms with Gasteiger partial charge in [-0.05, 0) is 22.0 Å². The van der Waals surface area contributed by atoms with Crippen molar-refractivity contribution in [3.05, 3.63) is 33.2 Å². The number of ether oxygens (including phenoxy) is 1. The number of methoxy groups -OCH3 is 1. The molecular weight excluding hydrogens is 288 g/mol. The number of aromatic amines is 1. The van der Waals surface area contributed by atoms with E-state index in [4.69, 9.17) is 4.74 Å². The number of anilines is 2. The zero-order valence-electron chi connectivity index (χ0n) is 9.32. The molecule has 0 saturated heterocycles. The SMILES string of the molecule is COc1cc(Nc2cc(Br)cn(C)c2=O)[nH]n1. The van der Waals surface area contributed by atoms with Crippen LogP contribution in [0.4, 0.5) is 11.5 Å². The van der Waals surface area contributed by atoms with Crippen LogP contribution in [-0.4, -0.2) is 21.9 Å². The number of halogens is 1. The maximum atomic E-state index is 11.8. The van der Waals surface area contributed by atoms with Gasteiger partial charge in [0.05, 0.1) is 7.11 Å². The van der Waals surface area contributed by atoms with E-state index in [9.17, 15) is 4.79 Å². The van der Waals surface area contributed by atoms with Gasteiger partial charge >= 0.3 is 0 Å². The molecule has 0 unspecified atom stereocenters. The van der Waals surface area contributed by atoms with Crippen molar-refractivity contribution in [2.45, 2.75) is 0 Å². The van der Waals surface area contributed by atoms with Crippen LogP contribution in [0.3, 0.4) is 0 Å². The monoisotopic (exact) mass is 298 g/mol. The number of hydrogen-bond acceptors (Lipinski definition) is 4. The Morgan fingerprint density at radius 2 is 2.29 bits per heavy atom. The van der Waals surface area contributed by atoms with Crippen molar-refractivity contribution in [3.8, 4) is 5.88 Å². The molecule has 90 valence electrons. The fourth-order valence-corrected chi connectivity index (χ4v) is 1.91. The largest absolute Gasteiger partial charge is 0.480 e. The van der Waals surface area contributed by atoms with E-state index in [0.717, 1.165) is 4.47 Å². The molecule has 0 fully saturated rings. The summed E-state index contributed by atoms with van der Waals surface area (Å²) in [4.78, 5) is 11.8. The second-order valence-corrected chi connectivity index (χ2v) is 4.35. The molecule has 0 atom stereocenters. The zero-order chi connectivity index (χ0) is 12.4. The second kappa shape index (κ2) is 4.62. The van der Waals surface area contributed by atoms with Crippen molar-refractivity contribution in [1.29, 1.82) is 0 Å². The minimum atomic E-state index is -0.123. The predicted octanol–water partition coefficient (Wildman–Crippen LogP) is 1.62. The van der Waals surface area contributed by atoms with Crippen molar-refractivity contribution < 1.29 is 4.74 Å². The highest BCUT2D eigenvalue weighted by atomic mass is 79.9. The molecule has 0 aliphatic rings. The van der Waals surface area contributed by atoms with Crippen molar-refractivity contribution in [2.24, 2.45) is 7.05 Å². The van der Waals surface area contributed by atoms with E-state index in [-0.39, 0.29) is 5.56 Å². The molecule has 0 aliphatic carbocycles. The van der Waals surface area contributed by atoms with Gasteiger partial charge in [-0.15, -0.1) is 5.10 Å². The average molecular weight is 299 g/mol. The molecule has 0 saturated carbocycles. The van der Waals surface area contributed by atoms with Gasteiger partial charge in [-0.25, -0.2) is 0 Å². The topological polar surface area (TPSA) is 71.9 Å². The maximum absolute atomic E-state index is 11.8. The number of nitrogens with one attached hydrogen (secondary N) is 2. The Hall–Kier alpha value is -1.76. The fourth-order valence-electron chi connectivity index (χ4n) is 1.38.